The molecule has 0 N–H and O–H groups in total. The molecule has 3 nitrogen and oxygen atoms in total. The first-order chi connectivity index (χ1) is 7.68. The first-order valence-corrected chi connectivity index (χ1v) is 6.04. The van der Waals surface area contributed by atoms with Crippen LogP contribution in [0, 0.1) is 0 Å². The highest BCUT2D eigenvalue weighted by Crippen LogP contribution is 2.25. The van der Waals surface area contributed by atoms with Gasteiger partial charge in [-0.1, -0.05) is 41.5 Å². The van der Waals surface area contributed by atoms with Gasteiger partial charge >= 0.3 is 0 Å². The predicted molar refractivity (Wildman–Crippen MR) is 70.4 cm³/mol. The van der Waals surface area contributed by atoms with E-state index < -0.39 is 0 Å². The van der Waals surface area contributed by atoms with E-state index in [2.05, 4.69) is 74.6 Å². The summed E-state index contributed by atoms with van der Waals surface area (Å²) in [6, 6.07) is 2.11. The third kappa shape index (κ3) is 2.33. The van der Waals surface area contributed by atoms with Crippen LogP contribution in [-0.2, 0) is 10.8 Å². The van der Waals surface area contributed by atoms with Crippen molar-refractivity contribution in [2.75, 3.05) is 0 Å². The van der Waals surface area contributed by atoms with Crippen LogP contribution in [0.4, 0.5) is 0 Å². The second-order valence-electron chi connectivity index (χ2n) is 6.71. The van der Waals surface area contributed by atoms with Crippen LogP contribution in [0.1, 0.15) is 52.8 Å². The van der Waals surface area contributed by atoms with E-state index >= 15 is 0 Å². The van der Waals surface area contributed by atoms with Gasteiger partial charge in [0.15, 0.2) is 5.65 Å². The molecule has 0 aliphatic carbocycles. The highest BCUT2D eigenvalue weighted by Gasteiger charge is 2.19. The van der Waals surface area contributed by atoms with E-state index in [0.29, 0.717) is 0 Å². The Bertz CT molecular complexity index is 527. The molecule has 0 radical (unpaired) electrons. The molecule has 2 aromatic rings. The fourth-order valence-corrected chi connectivity index (χ4v) is 1.67. The van der Waals surface area contributed by atoms with Gasteiger partial charge in [-0.05, 0) is 17.0 Å². The molecule has 0 unspecified atom stereocenters. The van der Waals surface area contributed by atoms with Crippen molar-refractivity contribution in [1.82, 2.24) is 14.6 Å². The van der Waals surface area contributed by atoms with Crippen molar-refractivity contribution in [3.8, 4) is 0 Å². The lowest BCUT2D eigenvalue weighted by atomic mass is 9.89. The SMILES string of the molecule is CC(C)(C)c1cc2nnc(C(C)(C)C)cn2c1. The van der Waals surface area contributed by atoms with E-state index in [1.807, 2.05) is 0 Å². The zero-order valence-corrected chi connectivity index (χ0v) is 11.6. The van der Waals surface area contributed by atoms with Gasteiger partial charge in [-0.3, -0.25) is 0 Å². The molecule has 0 saturated carbocycles. The highest BCUT2D eigenvalue weighted by molar-refractivity contribution is 5.44. The molecule has 0 atom stereocenters. The molecule has 3 heteroatoms. The van der Waals surface area contributed by atoms with E-state index in [1.54, 1.807) is 0 Å². The first kappa shape index (κ1) is 12.1. The Kier molecular flexibility index (Phi) is 2.53. The number of hydrogen-bond donors (Lipinski definition) is 0. The maximum atomic E-state index is 4.30. The Hall–Kier alpha value is -1.38. The Labute approximate surface area is 103 Å². The maximum absolute atomic E-state index is 4.30. The predicted octanol–water partition coefficient (Wildman–Crippen LogP) is 3.32. The van der Waals surface area contributed by atoms with Gasteiger partial charge in [0.25, 0.3) is 0 Å². The van der Waals surface area contributed by atoms with Crippen LogP contribution < -0.4 is 0 Å². The Morgan fingerprint density at radius 1 is 0.882 bits per heavy atom. The van der Waals surface area contributed by atoms with Gasteiger partial charge in [-0.25, -0.2) is 0 Å². The van der Waals surface area contributed by atoms with Gasteiger partial charge in [0.05, 0.1) is 5.69 Å². The van der Waals surface area contributed by atoms with E-state index in [4.69, 9.17) is 0 Å². The van der Waals surface area contributed by atoms with Crippen LogP contribution in [0.25, 0.3) is 5.65 Å². The van der Waals surface area contributed by atoms with Crippen LogP contribution in [-0.4, -0.2) is 14.6 Å². The smallest absolute Gasteiger partial charge is 0.159 e. The fourth-order valence-electron chi connectivity index (χ4n) is 1.67. The van der Waals surface area contributed by atoms with E-state index in [1.165, 1.54) is 5.56 Å². The summed E-state index contributed by atoms with van der Waals surface area (Å²) in [7, 11) is 0. The monoisotopic (exact) mass is 231 g/mol. The van der Waals surface area contributed by atoms with E-state index in [-0.39, 0.29) is 10.8 Å². The van der Waals surface area contributed by atoms with Crippen molar-refractivity contribution in [1.29, 1.82) is 0 Å². The van der Waals surface area contributed by atoms with Crippen LogP contribution in [0.15, 0.2) is 18.5 Å². The topological polar surface area (TPSA) is 30.2 Å². The van der Waals surface area contributed by atoms with Gasteiger partial charge in [0.2, 0.25) is 0 Å². The van der Waals surface area contributed by atoms with Gasteiger partial charge in [0, 0.05) is 17.8 Å². The maximum Gasteiger partial charge on any atom is 0.159 e. The van der Waals surface area contributed by atoms with Crippen molar-refractivity contribution in [3.05, 3.63) is 29.7 Å². The molecule has 0 aliphatic rings. The second kappa shape index (κ2) is 3.56. The van der Waals surface area contributed by atoms with Crippen LogP contribution in [0.2, 0.25) is 0 Å². The van der Waals surface area contributed by atoms with Gasteiger partial charge in [-0.15, -0.1) is 5.10 Å². The van der Waals surface area contributed by atoms with E-state index in [9.17, 15) is 0 Å². The lowest BCUT2D eigenvalue weighted by Crippen LogP contribution is -2.15. The van der Waals surface area contributed by atoms with Crippen molar-refractivity contribution < 1.29 is 0 Å². The molecular formula is C14H21N3. The molecule has 0 saturated heterocycles. The first-order valence-electron chi connectivity index (χ1n) is 6.04. The van der Waals surface area contributed by atoms with Gasteiger partial charge < -0.3 is 4.40 Å². The van der Waals surface area contributed by atoms with Crippen LogP contribution in [0.5, 0.6) is 0 Å². The van der Waals surface area contributed by atoms with Crippen molar-refractivity contribution in [3.63, 3.8) is 0 Å². The molecule has 0 amide bonds. The van der Waals surface area contributed by atoms with Gasteiger partial charge in [-0.2, -0.15) is 5.10 Å². The molecule has 2 aromatic heterocycles. The van der Waals surface area contributed by atoms with Crippen LogP contribution >= 0.6 is 0 Å². The number of fused-ring (bicyclic) bond motifs is 1. The normalized spacial score (nSPS) is 13.3. The summed E-state index contributed by atoms with van der Waals surface area (Å²) in [4.78, 5) is 0. The molecular weight excluding hydrogens is 210 g/mol. The number of rotatable bonds is 0. The van der Waals surface area contributed by atoms with E-state index in [0.717, 1.165) is 11.3 Å². The van der Waals surface area contributed by atoms with Crippen LogP contribution in [0.3, 0.4) is 0 Å². The third-order valence-corrected chi connectivity index (χ3v) is 2.98. The summed E-state index contributed by atoms with van der Waals surface area (Å²) < 4.78 is 2.08. The summed E-state index contributed by atoms with van der Waals surface area (Å²) in [6.07, 6.45) is 4.23. The Balaban J connectivity index is 2.56. The summed E-state index contributed by atoms with van der Waals surface area (Å²) in [5, 5.41) is 8.60. The number of hydrogen-bond acceptors (Lipinski definition) is 2. The quantitative estimate of drug-likeness (QED) is 0.696. The third-order valence-electron chi connectivity index (χ3n) is 2.98. The molecule has 2 heterocycles. The summed E-state index contributed by atoms with van der Waals surface area (Å²) in [5.41, 5.74) is 3.41. The number of aromatic nitrogens is 3. The lowest BCUT2D eigenvalue weighted by Gasteiger charge is -2.16. The summed E-state index contributed by atoms with van der Waals surface area (Å²) in [5.74, 6) is 0. The standard InChI is InChI=1S/C14H21N3/c1-13(2,3)10-7-12-16-15-11(14(4,5)6)9-17(12)8-10/h7-9H,1-6H3. The molecule has 17 heavy (non-hydrogen) atoms. The lowest BCUT2D eigenvalue weighted by molar-refractivity contribution is 0.553. The van der Waals surface area contributed by atoms with Gasteiger partial charge in [0.1, 0.15) is 0 Å². The largest absolute Gasteiger partial charge is 0.305 e. The van der Waals surface area contributed by atoms with Crippen molar-refractivity contribution >= 4 is 5.65 Å². The molecule has 0 aromatic carbocycles. The molecule has 0 fully saturated rings. The minimum absolute atomic E-state index is 0.0351. The average Bonchev–Trinajstić information content (AvgIpc) is 2.57. The second-order valence-corrected chi connectivity index (χ2v) is 6.71. The Morgan fingerprint density at radius 2 is 1.53 bits per heavy atom. The number of nitrogens with zero attached hydrogens (tertiary/aromatic N) is 3. The molecule has 2 rings (SSSR count). The zero-order chi connectivity index (χ0) is 12.8. The zero-order valence-electron chi connectivity index (χ0n) is 11.6. The molecule has 0 bridgehead atoms. The molecule has 0 aliphatic heterocycles. The average molecular weight is 231 g/mol. The fraction of sp³-hybridized carbons (Fsp3) is 0.571. The molecule has 92 valence electrons. The summed E-state index contributed by atoms with van der Waals surface area (Å²) in [6.45, 7) is 13.1. The minimum atomic E-state index is 0.0351. The summed E-state index contributed by atoms with van der Waals surface area (Å²) >= 11 is 0. The van der Waals surface area contributed by atoms with Crippen molar-refractivity contribution in [2.45, 2.75) is 52.4 Å². The minimum Gasteiger partial charge on any atom is -0.305 e. The highest BCUT2D eigenvalue weighted by atomic mass is 15.2. The molecule has 0 spiro atoms. The Morgan fingerprint density at radius 3 is 2.06 bits per heavy atom. The van der Waals surface area contributed by atoms with Crippen molar-refractivity contribution in [2.24, 2.45) is 0 Å².